The first-order valence-electron chi connectivity index (χ1n) is 11.6. The van der Waals surface area contributed by atoms with Gasteiger partial charge in [-0.05, 0) is 62.4 Å². The highest BCUT2D eigenvalue weighted by atomic mass is 35.5. The zero-order valence-corrected chi connectivity index (χ0v) is 20.9. The molecule has 1 unspecified atom stereocenters. The van der Waals surface area contributed by atoms with Crippen LogP contribution in [0, 0.1) is 10.1 Å². The SMILES string of the molecule is CC(Cc1coc2ccc(NC(=O)c3ccccc3Cl)cc12)N(C)Cc1nc2ccc([N+](=O)[O-])cc2o1. The summed E-state index contributed by atoms with van der Waals surface area (Å²) >= 11 is 6.16. The van der Waals surface area contributed by atoms with Crippen LogP contribution < -0.4 is 5.32 Å². The lowest BCUT2D eigenvalue weighted by Crippen LogP contribution is -2.30. The number of hydrogen-bond donors (Lipinski definition) is 1. The zero-order chi connectivity index (χ0) is 26.1. The van der Waals surface area contributed by atoms with Crippen molar-refractivity contribution in [2.75, 3.05) is 12.4 Å². The normalized spacial score (nSPS) is 12.3. The van der Waals surface area contributed by atoms with Gasteiger partial charge in [-0.3, -0.25) is 19.8 Å². The number of non-ortho nitro benzene ring substituents is 1. The number of halogens is 1. The number of rotatable bonds is 8. The fourth-order valence-electron chi connectivity index (χ4n) is 4.15. The minimum absolute atomic E-state index is 0.0359. The number of nitrogens with zero attached hydrogens (tertiary/aromatic N) is 3. The molecular weight excluding hydrogens is 496 g/mol. The van der Waals surface area contributed by atoms with Crippen LogP contribution in [0.25, 0.3) is 22.1 Å². The van der Waals surface area contributed by atoms with Crippen molar-refractivity contribution in [3.8, 4) is 0 Å². The summed E-state index contributed by atoms with van der Waals surface area (Å²) < 4.78 is 11.5. The monoisotopic (exact) mass is 518 g/mol. The molecule has 188 valence electrons. The number of benzene rings is 3. The average Bonchev–Trinajstić information content (AvgIpc) is 3.46. The molecule has 37 heavy (non-hydrogen) atoms. The van der Waals surface area contributed by atoms with Crippen LogP contribution >= 0.6 is 11.6 Å². The number of furan rings is 1. The van der Waals surface area contributed by atoms with Gasteiger partial charge in [-0.15, -0.1) is 0 Å². The third-order valence-corrected chi connectivity index (χ3v) is 6.64. The molecule has 0 saturated carbocycles. The molecule has 5 rings (SSSR count). The Kier molecular flexibility index (Phi) is 6.64. The topological polar surface area (TPSA) is 115 Å². The summed E-state index contributed by atoms with van der Waals surface area (Å²) in [6.45, 7) is 2.51. The van der Waals surface area contributed by atoms with Gasteiger partial charge in [0.25, 0.3) is 11.6 Å². The van der Waals surface area contributed by atoms with Crippen molar-refractivity contribution in [1.82, 2.24) is 9.88 Å². The predicted octanol–water partition coefficient (Wildman–Crippen LogP) is 6.45. The lowest BCUT2D eigenvalue weighted by Gasteiger charge is -2.22. The van der Waals surface area contributed by atoms with Gasteiger partial charge in [-0.2, -0.15) is 0 Å². The Balaban J connectivity index is 1.29. The Labute approximate surface area is 216 Å². The van der Waals surface area contributed by atoms with Gasteiger partial charge >= 0.3 is 0 Å². The maximum atomic E-state index is 12.7. The lowest BCUT2D eigenvalue weighted by atomic mass is 10.0. The van der Waals surface area contributed by atoms with Gasteiger partial charge in [0, 0.05) is 23.2 Å². The molecule has 10 heteroatoms. The molecule has 1 N–H and O–H groups in total. The quantitative estimate of drug-likeness (QED) is 0.185. The smallest absolute Gasteiger partial charge is 0.273 e. The van der Waals surface area contributed by atoms with E-state index >= 15 is 0 Å². The molecule has 1 atom stereocenters. The van der Waals surface area contributed by atoms with Crippen LogP contribution in [-0.2, 0) is 13.0 Å². The number of hydrogen-bond acceptors (Lipinski definition) is 7. The number of carbonyl (C=O) groups is 1. The molecule has 3 aromatic carbocycles. The summed E-state index contributed by atoms with van der Waals surface area (Å²) in [7, 11) is 1.96. The number of anilines is 1. The van der Waals surface area contributed by atoms with E-state index in [-0.39, 0.29) is 17.6 Å². The van der Waals surface area contributed by atoms with E-state index in [0.717, 1.165) is 16.5 Å². The van der Waals surface area contributed by atoms with E-state index in [9.17, 15) is 14.9 Å². The second-order valence-corrected chi connectivity index (χ2v) is 9.30. The van der Waals surface area contributed by atoms with E-state index in [4.69, 9.17) is 20.4 Å². The molecule has 2 aromatic heterocycles. The highest BCUT2D eigenvalue weighted by molar-refractivity contribution is 6.34. The van der Waals surface area contributed by atoms with Crippen molar-refractivity contribution in [2.45, 2.75) is 25.9 Å². The Morgan fingerprint density at radius 1 is 1.16 bits per heavy atom. The number of fused-ring (bicyclic) bond motifs is 2. The minimum Gasteiger partial charge on any atom is -0.464 e. The average molecular weight is 519 g/mol. The van der Waals surface area contributed by atoms with Gasteiger partial charge in [-0.1, -0.05) is 23.7 Å². The Hall–Kier alpha value is -4.21. The zero-order valence-electron chi connectivity index (χ0n) is 20.1. The molecule has 0 aliphatic rings. The van der Waals surface area contributed by atoms with E-state index < -0.39 is 4.92 Å². The van der Waals surface area contributed by atoms with Gasteiger partial charge in [0.2, 0.25) is 5.89 Å². The number of oxazole rings is 1. The lowest BCUT2D eigenvalue weighted by molar-refractivity contribution is -0.384. The number of amides is 1. The molecule has 1 amide bonds. The van der Waals surface area contributed by atoms with Crippen molar-refractivity contribution in [3.05, 3.63) is 99.1 Å². The standard InChI is InChI=1S/C27H23ClN4O5/c1-16(31(2)14-26-30-23-9-8-19(32(34)35)13-25(23)37-26)11-17-15-36-24-10-7-18(12-21(17)24)29-27(33)20-5-3-4-6-22(20)28/h3-10,12-13,15-16H,11,14H2,1-2H3,(H,29,33). The summed E-state index contributed by atoms with van der Waals surface area (Å²) in [5, 5.41) is 15.2. The molecule has 5 aromatic rings. The number of nitro benzene ring substituents is 1. The Morgan fingerprint density at radius 3 is 2.76 bits per heavy atom. The number of likely N-dealkylation sites (N-methyl/N-ethyl adjacent to an activating group) is 1. The second kappa shape index (κ2) is 10.0. The molecule has 2 heterocycles. The molecule has 0 radical (unpaired) electrons. The highest BCUT2D eigenvalue weighted by Gasteiger charge is 2.18. The fraction of sp³-hybridized carbons (Fsp3) is 0.185. The summed E-state index contributed by atoms with van der Waals surface area (Å²) in [6.07, 6.45) is 2.41. The van der Waals surface area contributed by atoms with Crippen molar-refractivity contribution >= 4 is 51.0 Å². The summed E-state index contributed by atoms with van der Waals surface area (Å²) in [4.78, 5) is 29.8. The summed E-state index contributed by atoms with van der Waals surface area (Å²) in [5.41, 5.74) is 3.69. The number of carbonyl (C=O) groups excluding carboxylic acids is 1. The summed E-state index contributed by atoms with van der Waals surface area (Å²) in [5.74, 6) is 0.193. The third kappa shape index (κ3) is 5.18. The van der Waals surface area contributed by atoms with E-state index in [1.54, 1.807) is 42.7 Å². The summed E-state index contributed by atoms with van der Waals surface area (Å²) in [6, 6.07) is 16.9. The van der Waals surface area contributed by atoms with Crippen LogP contribution in [0.3, 0.4) is 0 Å². The van der Waals surface area contributed by atoms with Crippen molar-refractivity contribution in [3.63, 3.8) is 0 Å². The molecule has 0 aliphatic heterocycles. The van der Waals surface area contributed by atoms with Gasteiger partial charge in [0.05, 0.1) is 34.4 Å². The molecule has 0 saturated heterocycles. The van der Waals surface area contributed by atoms with Crippen LogP contribution in [0.2, 0.25) is 5.02 Å². The van der Waals surface area contributed by atoms with E-state index in [2.05, 4.69) is 22.1 Å². The maximum Gasteiger partial charge on any atom is 0.273 e. The van der Waals surface area contributed by atoms with Crippen molar-refractivity contribution in [1.29, 1.82) is 0 Å². The van der Waals surface area contributed by atoms with E-state index in [1.807, 2.05) is 19.2 Å². The molecular formula is C27H23ClN4O5. The van der Waals surface area contributed by atoms with Crippen LogP contribution in [0.15, 0.2) is 75.8 Å². The van der Waals surface area contributed by atoms with Gasteiger partial charge < -0.3 is 14.2 Å². The van der Waals surface area contributed by atoms with Crippen LogP contribution in [0.4, 0.5) is 11.4 Å². The molecule has 0 spiro atoms. The van der Waals surface area contributed by atoms with Crippen LogP contribution in [0.5, 0.6) is 0 Å². The van der Waals surface area contributed by atoms with Crippen LogP contribution in [-0.4, -0.2) is 33.8 Å². The number of nitro groups is 1. The Morgan fingerprint density at radius 2 is 1.97 bits per heavy atom. The molecule has 0 fully saturated rings. The molecule has 0 bridgehead atoms. The minimum atomic E-state index is -0.460. The second-order valence-electron chi connectivity index (χ2n) is 8.89. The first-order valence-corrected chi connectivity index (χ1v) is 12.0. The largest absolute Gasteiger partial charge is 0.464 e. The van der Waals surface area contributed by atoms with Crippen LogP contribution in [0.1, 0.15) is 28.7 Å². The first kappa shape index (κ1) is 24.5. The Bertz CT molecular complexity index is 1630. The fourth-order valence-corrected chi connectivity index (χ4v) is 4.37. The van der Waals surface area contributed by atoms with Gasteiger partial charge in [0.1, 0.15) is 11.1 Å². The van der Waals surface area contributed by atoms with Crippen molar-refractivity contribution < 1.29 is 18.6 Å². The van der Waals surface area contributed by atoms with Gasteiger partial charge in [0.15, 0.2) is 5.58 Å². The first-order chi connectivity index (χ1) is 17.8. The van der Waals surface area contributed by atoms with Gasteiger partial charge in [-0.25, -0.2) is 4.98 Å². The van der Waals surface area contributed by atoms with Crippen molar-refractivity contribution in [2.24, 2.45) is 0 Å². The number of aromatic nitrogens is 1. The highest BCUT2D eigenvalue weighted by Crippen LogP contribution is 2.28. The number of nitrogens with one attached hydrogen (secondary N) is 1. The predicted molar refractivity (Wildman–Crippen MR) is 141 cm³/mol. The maximum absolute atomic E-state index is 12.7. The third-order valence-electron chi connectivity index (χ3n) is 6.31. The van der Waals surface area contributed by atoms with E-state index in [1.165, 1.54) is 12.1 Å². The molecule has 0 aliphatic carbocycles. The van der Waals surface area contributed by atoms with E-state index in [0.29, 0.717) is 46.2 Å². The molecule has 9 nitrogen and oxygen atoms in total.